The highest BCUT2D eigenvalue weighted by molar-refractivity contribution is 7.10. The molecule has 2 rings (SSSR count). The molecule has 1 aliphatic heterocycles. The molecule has 5 heteroatoms. The molecule has 1 aliphatic rings. The SMILES string of the molecule is CNC(=O)C1(C)CCN(C(c2cccs2)C(C)N)C1. The van der Waals surface area contributed by atoms with E-state index in [4.69, 9.17) is 5.73 Å². The Morgan fingerprint density at radius 3 is 2.89 bits per heavy atom. The highest BCUT2D eigenvalue weighted by Gasteiger charge is 2.43. The molecule has 1 amide bonds. The second kappa shape index (κ2) is 5.61. The van der Waals surface area contributed by atoms with E-state index in [1.807, 2.05) is 13.8 Å². The Bertz CT molecular complexity index is 432. The quantitative estimate of drug-likeness (QED) is 0.881. The molecule has 0 aromatic carbocycles. The molecule has 1 saturated heterocycles. The van der Waals surface area contributed by atoms with Gasteiger partial charge in [0.05, 0.1) is 11.5 Å². The van der Waals surface area contributed by atoms with Crippen molar-refractivity contribution in [1.29, 1.82) is 0 Å². The smallest absolute Gasteiger partial charge is 0.227 e. The average molecular weight is 281 g/mol. The Hall–Kier alpha value is -0.910. The summed E-state index contributed by atoms with van der Waals surface area (Å²) in [7, 11) is 1.71. The fourth-order valence-electron chi connectivity index (χ4n) is 2.95. The Balaban J connectivity index is 2.16. The van der Waals surface area contributed by atoms with Gasteiger partial charge in [0.25, 0.3) is 0 Å². The van der Waals surface area contributed by atoms with Gasteiger partial charge >= 0.3 is 0 Å². The summed E-state index contributed by atoms with van der Waals surface area (Å²) in [6.45, 7) is 5.78. The van der Waals surface area contributed by atoms with Gasteiger partial charge in [-0.2, -0.15) is 0 Å². The minimum atomic E-state index is -0.293. The van der Waals surface area contributed by atoms with Gasteiger partial charge in [-0.1, -0.05) is 6.07 Å². The fraction of sp³-hybridized carbons (Fsp3) is 0.643. The highest BCUT2D eigenvalue weighted by atomic mass is 32.1. The van der Waals surface area contributed by atoms with E-state index in [1.54, 1.807) is 18.4 Å². The zero-order valence-electron chi connectivity index (χ0n) is 11.8. The van der Waals surface area contributed by atoms with Crippen molar-refractivity contribution in [3.63, 3.8) is 0 Å². The van der Waals surface area contributed by atoms with Crippen LogP contribution in [-0.4, -0.2) is 37.0 Å². The third kappa shape index (κ3) is 2.83. The molecule has 0 radical (unpaired) electrons. The maximum atomic E-state index is 12.0. The van der Waals surface area contributed by atoms with Crippen LogP contribution in [0.5, 0.6) is 0 Å². The predicted molar refractivity (Wildman–Crippen MR) is 79.1 cm³/mol. The summed E-state index contributed by atoms with van der Waals surface area (Å²) in [5, 5.41) is 4.86. The third-order valence-electron chi connectivity index (χ3n) is 4.00. The first kappa shape index (κ1) is 14.5. The lowest BCUT2D eigenvalue weighted by Gasteiger charge is -2.31. The minimum absolute atomic E-state index is 0.0608. The summed E-state index contributed by atoms with van der Waals surface area (Å²) in [6, 6.07) is 4.47. The van der Waals surface area contributed by atoms with Crippen molar-refractivity contribution >= 4 is 17.2 Å². The van der Waals surface area contributed by atoms with Gasteiger partial charge in [-0.05, 0) is 38.3 Å². The van der Waals surface area contributed by atoms with Gasteiger partial charge in [-0.15, -0.1) is 11.3 Å². The Labute approximate surface area is 119 Å². The Morgan fingerprint density at radius 2 is 2.37 bits per heavy atom. The van der Waals surface area contributed by atoms with Crippen LogP contribution in [-0.2, 0) is 4.79 Å². The van der Waals surface area contributed by atoms with Gasteiger partial charge in [0.15, 0.2) is 0 Å². The molecule has 3 unspecified atom stereocenters. The van der Waals surface area contributed by atoms with Crippen LogP contribution in [0.2, 0.25) is 0 Å². The molecule has 106 valence electrons. The summed E-state index contributed by atoms with van der Waals surface area (Å²) in [6.07, 6.45) is 0.890. The highest BCUT2D eigenvalue weighted by Crippen LogP contribution is 2.37. The van der Waals surface area contributed by atoms with Crippen molar-refractivity contribution in [1.82, 2.24) is 10.2 Å². The number of hydrogen-bond acceptors (Lipinski definition) is 4. The van der Waals surface area contributed by atoms with Crippen LogP contribution in [0.25, 0.3) is 0 Å². The van der Waals surface area contributed by atoms with Crippen LogP contribution in [0.4, 0.5) is 0 Å². The number of carbonyl (C=O) groups is 1. The summed E-state index contributed by atoms with van der Waals surface area (Å²) in [5.74, 6) is 0.129. The number of amides is 1. The summed E-state index contributed by atoms with van der Waals surface area (Å²) in [4.78, 5) is 15.6. The van der Waals surface area contributed by atoms with Gasteiger partial charge in [-0.25, -0.2) is 0 Å². The van der Waals surface area contributed by atoms with Gasteiger partial charge in [0.2, 0.25) is 5.91 Å². The topological polar surface area (TPSA) is 58.4 Å². The first-order valence-corrected chi connectivity index (χ1v) is 7.61. The molecule has 0 saturated carbocycles. The molecule has 0 aliphatic carbocycles. The second-order valence-corrected chi connectivity index (χ2v) is 6.66. The van der Waals surface area contributed by atoms with E-state index in [1.165, 1.54) is 4.88 Å². The zero-order valence-corrected chi connectivity index (χ0v) is 12.7. The lowest BCUT2D eigenvalue weighted by molar-refractivity contribution is -0.129. The summed E-state index contributed by atoms with van der Waals surface area (Å²) in [5.41, 5.74) is 5.88. The molecule has 0 spiro atoms. The van der Waals surface area contributed by atoms with E-state index in [0.717, 1.165) is 19.5 Å². The maximum Gasteiger partial charge on any atom is 0.227 e. The average Bonchev–Trinajstić information content (AvgIpc) is 3.00. The predicted octanol–water partition coefficient (Wildman–Crippen LogP) is 1.59. The molecule has 1 aromatic heterocycles. The number of carbonyl (C=O) groups excluding carboxylic acids is 1. The van der Waals surface area contributed by atoms with Crippen LogP contribution < -0.4 is 11.1 Å². The summed E-state index contributed by atoms with van der Waals surface area (Å²) < 4.78 is 0. The van der Waals surface area contributed by atoms with E-state index in [0.29, 0.717) is 0 Å². The molecule has 3 N–H and O–H groups in total. The van der Waals surface area contributed by atoms with Crippen molar-refractivity contribution in [2.24, 2.45) is 11.1 Å². The monoisotopic (exact) mass is 281 g/mol. The van der Waals surface area contributed by atoms with E-state index < -0.39 is 0 Å². The number of nitrogens with two attached hydrogens (primary N) is 1. The lowest BCUT2D eigenvalue weighted by atomic mass is 9.89. The molecular weight excluding hydrogens is 258 g/mol. The van der Waals surface area contributed by atoms with Crippen LogP contribution >= 0.6 is 11.3 Å². The van der Waals surface area contributed by atoms with Crippen molar-refractivity contribution < 1.29 is 4.79 Å². The number of nitrogens with zero attached hydrogens (tertiary/aromatic N) is 1. The molecule has 1 fully saturated rings. The van der Waals surface area contributed by atoms with E-state index >= 15 is 0 Å². The zero-order chi connectivity index (χ0) is 14.0. The molecule has 4 nitrogen and oxygen atoms in total. The van der Waals surface area contributed by atoms with Gasteiger partial charge < -0.3 is 11.1 Å². The Kier molecular flexibility index (Phi) is 4.28. The fourth-order valence-corrected chi connectivity index (χ4v) is 3.93. The van der Waals surface area contributed by atoms with Crippen molar-refractivity contribution in [2.75, 3.05) is 20.1 Å². The first-order chi connectivity index (χ1) is 8.98. The van der Waals surface area contributed by atoms with Crippen LogP contribution in [0.3, 0.4) is 0 Å². The number of nitrogens with one attached hydrogen (secondary N) is 1. The van der Waals surface area contributed by atoms with E-state index in [9.17, 15) is 4.79 Å². The van der Waals surface area contributed by atoms with Crippen LogP contribution in [0, 0.1) is 5.41 Å². The van der Waals surface area contributed by atoms with E-state index in [-0.39, 0.29) is 23.4 Å². The maximum absolute atomic E-state index is 12.0. The molecule has 3 atom stereocenters. The Morgan fingerprint density at radius 1 is 1.63 bits per heavy atom. The van der Waals surface area contributed by atoms with Crippen LogP contribution in [0.15, 0.2) is 17.5 Å². The molecule has 0 bridgehead atoms. The number of rotatable bonds is 4. The second-order valence-electron chi connectivity index (χ2n) is 5.68. The van der Waals surface area contributed by atoms with Crippen LogP contribution in [0.1, 0.15) is 31.2 Å². The van der Waals surface area contributed by atoms with Gasteiger partial charge in [0.1, 0.15) is 0 Å². The first-order valence-electron chi connectivity index (χ1n) is 6.73. The number of likely N-dealkylation sites (tertiary alicyclic amines) is 1. The standard InChI is InChI=1S/C14H23N3OS/c1-10(15)12(11-5-4-8-19-11)17-7-6-14(2,9-17)13(18)16-3/h4-5,8,10,12H,6-7,9,15H2,1-3H3,(H,16,18). The lowest BCUT2D eigenvalue weighted by Crippen LogP contribution is -2.42. The molecule has 19 heavy (non-hydrogen) atoms. The van der Waals surface area contributed by atoms with Crippen molar-refractivity contribution in [2.45, 2.75) is 32.4 Å². The molecule has 1 aromatic rings. The number of thiophene rings is 1. The largest absolute Gasteiger partial charge is 0.359 e. The van der Waals surface area contributed by atoms with Crippen molar-refractivity contribution in [3.05, 3.63) is 22.4 Å². The van der Waals surface area contributed by atoms with Crippen molar-refractivity contribution in [3.8, 4) is 0 Å². The minimum Gasteiger partial charge on any atom is -0.359 e. The van der Waals surface area contributed by atoms with Gasteiger partial charge in [0, 0.05) is 24.5 Å². The summed E-state index contributed by atoms with van der Waals surface area (Å²) >= 11 is 1.74. The third-order valence-corrected chi connectivity index (χ3v) is 4.95. The molecule has 2 heterocycles. The molecular formula is C14H23N3OS. The van der Waals surface area contributed by atoms with Gasteiger partial charge in [-0.3, -0.25) is 9.69 Å². The normalized spacial score (nSPS) is 27.2. The number of hydrogen-bond donors (Lipinski definition) is 2. The van der Waals surface area contributed by atoms with E-state index in [2.05, 4.69) is 27.7 Å².